The van der Waals surface area contributed by atoms with Crippen molar-refractivity contribution in [2.75, 3.05) is 27.2 Å². The molecule has 1 aliphatic rings. The van der Waals surface area contributed by atoms with Crippen molar-refractivity contribution in [3.05, 3.63) is 0 Å². The molecule has 0 saturated carbocycles. The number of rotatable bonds is 6. The fraction of sp³-hybridized carbons (Fsp3) is 0.857. The van der Waals surface area contributed by atoms with E-state index in [0.29, 0.717) is 6.54 Å². The number of carbonyl (C=O) groups excluding carboxylic acids is 2. The molecule has 0 aliphatic carbocycles. The molecule has 5 heteroatoms. The summed E-state index contributed by atoms with van der Waals surface area (Å²) >= 11 is 0. The van der Waals surface area contributed by atoms with Gasteiger partial charge in [-0.1, -0.05) is 13.8 Å². The molecular weight excluding hydrogens is 242 g/mol. The normalized spacial score (nSPS) is 24.3. The lowest BCUT2D eigenvalue weighted by Crippen LogP contribution is -2.63. The summed E-state index contributed by atoms with van der Waals surface area (Å²) in [6, 6.07) is -0.709. The van der Waals surface area contributed by atoms with E-state index in [-0.39, 0.29) is 29.8 Å². The Morgan fingerprint density at radius 3 is 2.42 bits per heavy atom. The van der Waals surface area contributed by atoms with Gasteiger partial charge in [0.2, 0.25) is 11.8 Å². The smallest absolute Gasteiger partial charge is 0.246 e. The third kappa shape index (κ3) is 4.20. The minimum atomic E-state index is -0.363. The van der Waals surface area contributed by atoms with Crippen LogP contribution in [-0.2, 0) is 9.59 Å². The maximum atomic E-state index is 12.4. The van der Waals surface area contributed by atoms with Gasteiger partial charge >= 0.3 is 0 Å². The maximum Gasteiger partial charge on any atom is 0.246 e. The first-order valence-electron chi connectivity index (χ1n) is 7.10. The lowest BCUT2D eigenvalue weighted by atomic mass is 9.98. The fourth-order valence-corrected chi connectivity index (χ4v) is 2.31. The highest BCUT2D eigenvalue weighted by atomic mass is 16.2. The van der Waals surface area contributed by atoms with Gasteiger partial charge in [0.05, 0.1) is 0 Å². The van der Waals surface area contributed by atoms with Crippen molar-refractivity contribution in [2.24, 2.45) is 5.92 Å². The van der Waals surface area contributed by atoms with Crippen LogP contribution >= 0.6 is 0 Å². The van der Waals surface area contributed by atoms with Crippen LogP contribution in [0.2, 0.25) is 0 Å². The average Bonchev–Trinajstić information content (AvgIpc) is 2.32. The number of hydrogen-bond acceptors (Lipinski definition) is 3. The Balaban J connectivity index is 2.57. The van der Waals surface area contributed by atoms with Gasteiger partial charge in [0.25, 0.3) is 0 Å². The highest BCUT2D eigenvalue weighted by Crippen LogP contribution is 2.16. The summed E-state index contributed by atoms with van der Waals surface area (Å²) < 4.78 is 0. The second kappa shape index (κ2) is 6.89. The zero-order chi connectivity index (χ0) is 14.6. The van der Waals surface area contributed by atoms with E-state index in [0.717, 1.165) is 19.4 Å². The van der Waals surface area contributed by atoms with Crippen LogP contribution in [0.3, 0.4) is 0 Å². The minimum Gasteiger partial charge on any atom is -0.342 e. The first-order valence-corrected chi connectivity index (χ1v) is 7.10. The molecule has 2 unspecified atom stereocenters. The molecule has 0 spiro atoms. The molecule has 0 aromatic carbocycles. The highest BCUT2D eigenvalue weighted by Gasteiger charge is 2.38. The second-order valence-corrected chi connectivity index (χ2v) is 5.95. The molecule has 1 aliphatic heterocycles. The molecule has 1 fully saturated rings. The Morgan fingerprint density at radius 2 is 1.89 bits per heavy atom. The summed E-state index contributed by atoms with van der Waals surface area (Å²) in [5.41, 5.74) is 0. The van der Waals surface area contributed by atoms with Crippen LogP contribution in [0, 0.1) is 5.92 Å². The van der Waals surface area contributed by atoms with Crippen molar-refractivity contribution in [2.45, 2.75) is 45.7 Å². The molecule has 0 radical (unpaired) electrons. The number of amides is 2. The van der Waals surface area contributed by atoms with Crippen molar-refractivity contribution in [1.29, 1.82) is 0 Å². The molecular formula is C14H27N3O2. The molecule has 2 amide bonds. The molecule has 0 aromatic rings. The molecule has 2 atom stereocenters. The standard InChI is InChI=1S/C14H27N3O2/c1-10(2)12-14(19)17(11(3)13(18)15-12)9-7-6-8-16(4)5/h10-12H,6-9H2,1-5H3,(H,15,18). The molecule has 1 saturated heterocycles. The van der Waals surface area contributed by atoms with E-state index in [1.165, 1.54) is 0 Å². The van der Waals surface area contributed by atoms with Crippen LogP contribution < -0.4 is 5.32 Å². The van der Waals surface area contributed by atoms with Gasteiger partial charge in [-0.2, -0.15) is 0 Å². The first-order chi connectivity index (χ1) is 8.84. The molecule has 1 N–H and O–H groups in total. The number of nitrogens with one attached hydrogen (secondary N) is 1. The molecule has 1 heterocycles. The summed E-state index contributed by atoms with van der Waals surface area (Å²) in [4.78, 5) is 28.1. The molecule has 0 bridgehead atoms. The maximum absolute atomic E-state index is 12.4. The predicted octanol–water partition coefficient (Wildman–Crippen LogP) is 0.700. The molecule has 1 rings (SSSR count). The van der Waals surface area contributed by atoms with Crippen molar-refractivity contribution in [1.82, 2.24) is 15.1 Å². The van der Waals surface area contributed by atoms with Crippen molar-refractivity contribution >= 4 is 11.8 Å². The van der Waals surface area contributed by atoms with E-state index in [2.05, 4.69) is 10.2 Å². The molecule has 110 valence electrons. The van der Waals surface area contributed by atoms with Gasteiger partial charge in [-0.05, 0) is 46.3 Å². The molecule has 19 heavy (non-hydrogen) atoms. The van der Waals surface area contributed by atoms with Gasteiger partial charge in [0.15, 0.2) is 0 Å². The van der Waals surface area contributed by atoms with E-state index in [4.69, 9.17) is 0 Å². The van der Waals surface area contributed by atoms with Crippen LogP contribution in [0.25, 0.3) is 0 Å². The lowest BCUT2D eigenvalue weighted by molar-refractivity contribution is -0.149. The summed E-state index contributed by atoms with van der Waals surface area (Å²) in [7, 11) is 4.08. The van der Waals surface area contributed by atoms with Gasteiger partial charge in [-0.3, -0.25) is 9.59 Å². The number of unbranched alkanes of at least 4 members (excludes halogenated alkanes) is 1. The van der Waals surface area contributed by atoms with Gasteiger partial charge < -0.3 is 15.1 Å². The van der Waals surface area contributed by atoms with Crippen LogP contribution in [0.4, 0.5) is 0 Å². The molecule has 5 nitrogen and oxygen atoms in total. The number of hydrogen-bond donors (Lipinski definition) is 1. The third-order valence-electron chi connectivity index (χ3n) is 3.61. The average molecular weight is 269 g/mol. The Kier molecular flexibility index (Phi) is 5.79. The fourth-order valence-electron chi connectivity index (χ4n) is 2.31. The van der Waals surface area contributed by atoms with Crippen molar-refractivity contribution in [3.8, 4) is 0 Å². The Hall–Kier alpha value is -1.10. The monoisotopic (exact) mass is 269 g/mol. The van der Waals surface area contributed by atoms with Crippen LogP contribution in [0.15, 0.2) is 0 Å². The van der Waals surface area contributed by atoms with Crippen LogP contribution in [-0.4, -0.2) is 60.9 Å². The Morgan fingerprint density at radius 1 is 1.26 bits per heavy atom. The van der Waals surface area contributed by atoms with Crippen LogP contribution in [0.5, 0.6) is 0 Å². The number of piperazine rings is 1. The van der Waals surface area contributed by atoms with Crippen molar-refractivity contribution < 1.29 is 9.59 Å². The van der Waals surface area contributed by atoms with E-state index < -0.39 is 0 Å². The summed E-state index contributed by atoms with van der Waals surface area (Å²) in [6.45, 7) is 7.41. The Bertz CT molecular complexity index is 329. The summed E-state index contributed by atoms with van der Waals surface area (Å²) in [5, 5.41) is 2.82. The topological polar surface area (TPSA) is 52.7 Å². The quantitative estimate of drug-likeness (QED) is 0.722. The van der Waals surface area contributed by atoms with Gasteiger partial charge in [0, 0.05) is 6.54 Å². The largest absolute Gasteiger partial charge is 0.342 e. The first kappa shape index (κ1) is 16.0. The van der Waals surface area contributed by atoms with E-state index in [9.17, 15) is 9.59 Å². The van der Waals surface area contributed by atoms with E-state index >= 15 is 0 Å². The summed E-state index contributed by atoms with van der Waals surface area (Å²) in [6.07, 6.45) is 1.98. The number of carbonyl (C=O) groups is 2. The van der Waals surface area contributed by atoms with Gasteiger partial charge in [-0.15, -0.1) is 0 Å². The third-order valence-corrected chi connectivity index (χ3v) is 3.61. The molecule has 0 aromatic heterocycles. The van der Waals surface area contributed by atoms with Crippen LogP contribution in [0.1, 0.15) is 33.6 Å². The van der Waals surface area contributed by atoms with Gasteiger partial charge in [-0.25, -0.2) is 0 Å². The number of nitrogens with zero attached hydrogens (tertiary/aromatic N) is 2. The highest BCUT2D eigenvalue weighted by molar-refractivity contribution is 5.96. The second-order valence-electron chi connectivity index (χ2n) is 5.95. The Labute approximate surface area is 116 Å². The predicted molar refractivity (Wildman–Crippen MR) is 75.7 cm³/mol. The zero-order valence-electron chi connectivity index (χ0n) is 12.8. The minimum absolute atomic E-state index is 0.0362. The van der Waals surface area contributed by atoms with E-state index in [1.54, 1.807) is 11.8 Å². The summed E-state index contributed by atoms with van der Waals surface area (Å²) in [5.74, 6) is 0.158. The van der Waals surface area contributed by atoms with Gasteiger partial charge in [0.1, 0.15) is 12.1 Å². The lowest BCUT2D eigenvalue weighted by Gasteiger charge is -2.39. The van der Waals surface area contributed by atoms with E-state index in [1.807, 2.05) is 27.9 Å². The SMILES string of the molecule is CC(C)C1NC(=O)C(C)N(CCCCN(C)C)C1=O. The van der Waals surface area contributed by atoms with Crippen molar-refractivity contribution in [3.63, 3.8) is 0 Å². The zero-order valence-corrected chi connectivity index (χ0v) is 12.8.